The van der Waals surface area contributed by atoms with Crippen LogP contribution in [0.15, 0.2) is 24.3 Å². The van der Waals surface area contributed by atoms with Crippen LogP contribution in [0.4, 0.5) is 0 Å². The smallest absolute Gasteiger partial charge is 0.257 e. The van der Waals surface area contributed by atoms with E-state index in [0.29, 0.717) is 36.9 Å². The SMILES string of the molecule is CCOc1ccccc1C(=O)N1CCC(NC(=O)[C@@H]2C[C@H]2C2CC2)CC1. The van der Waals surface area contributed by atoms with Crippen LogP contribution in [0.5, 0.6) is 5.75 Å². The Morgan fingerprint density at radius 2 is 1.88 bits per heavy atom. The van der Waals surface area contributed by atoms with Crippen molar-refractivity contribution < 1.29 is 14.3 Å². The average Bonchev–Trinajstić information content (AvgIpc) is 3.55. The molecule has 1 saturated heterocycles. The number of carbonyl (C=O) groups is 2. The molecule has 0 aromatic heterocycles. The molecule has 1 N–H and O–H groups in total. The highest BCUT2D eigenvalue weighted by molar-refractivity contribution is 5.97. The molecule has 0 unspecified atom stereocenters. The number of nitrogens with zero attached hydrogens (tertiary/aromatic N) is 1. The van der Waals surface area contributed by atoms with Crippen LogP contribution in [0.2, 0.25) is 0 Å². The molecule has 2 amide bonds. The number of ether oxygens (including phenoxy) is 1. The summed E-state index contributed by atoms with van der Waals surface area (Å²) in [6.45, 7) is 3.83. The second-order valence-corrected chi connectivity index (χ2v) is 7.85. The van der Waals surface area contributed by atoms with Gasteiger partial charge in [-0.1, -0.05) is 12.1 Å². The maximum absolute atomic E-state index is 12.8. The molecule has 5 nitrogen and oxygen atoms in total. The summed E-state index contributed by atoms with van der Waals surface area (Å²) in [5, 5.41) is 3.22. The molecule has 1 aromatic rings. The van der Waals surface area contributed by atoms with E-state index in [1.165, 1.54) is 12.8 Å². The molecular formula is C21H28N2O3. The zero-order chi connectivity index (χ0) is 18.1. The van der Waals surface area contributed by atoms with Gasteiger partial charge >= 0.3 is 0 Å². The standard InChI is InChI=1S/C21H28N2O3/c1-2-26-19-6-4-3-5-16(19)21(25)23-11-9-15(10-12-23)22-20(24)18-13-17(18)14-7-8-14/h3-6,14-15,17-18H,2,7-13H2,1H3,(H,22,24)/t17-,18+/m0/s1. The Balaban J connectivity index is 1.28. The highest BCUT2D eigenvalue weighted by atomic mass is 16.5. The Kier molecular flexibility index (Phi) is 4.88. The van der Waals surface area contributed by atoms with Gasteiger partial charge in [-0.05, 0) is 63.0 Å². The number of hydrogen-bond acceptors (Lipinski definition) is 3. The monoisotopic (exact) mass is 356 g/mol. The van der Waals surface area contributed by atoms with E-state index >= 15 is 0 Å². The largest absolute Gasteiger partial charge is 0.493 e. The Hall–Kier alpha value is -2.04. The molecule has 3 aliphatic rings. The van der Waals surface area contributed by atoms with Crippen LogP contribution < -0.4 is 10.1 Å². The number of piperidine rings is 1. The molecule has 0 radical (unpaired) electrons. The molecule has 2 atom stereocenters. The van der Waals surface area contributed by atoms with E-state index in [0.717, 1.165) is 25.2 Å². The Labute approximate surface area is 155 Å². The second-order valence-electron chi connectivity index (χ2n) is 7.85. The van der Waals surface area contributed by atoms with Gasteiger partial charge < -0.3 is 15.0 Å². The molecule has 5 heteroatoms. The van der Waals surface area contributed by atoms with Gasteiger partial charge in [0.05, 0.1) is 12.2 Å². The molecule has 0 spiro atoms. The lowest BCUT2D eigenvalue weighted by Crippen LogP contribution is -2.47. The van der Waals surface area contributed by atoms with Crippen molar-refractivity contribution in [2.24, 2.45) is 17.8 Å². The topological polar surface area (TPSA) is 58.6 Å². The predicted molar refractivity (Wildman–Crippen MR) is 99.0 cm³/mol. The minimum Gasteiger partial charge on any atom is -0.493 e. The second kappa shape index (κ2) is 7.29. The summed E-state index contributed by atoms with van der Waals surface area (Å²) in [4.78, 5) is 27.1. The summed E-state index contributed by atoms with van der Waals surface area (Å²) in [6, 6.07) is 7.63. The van der Waals surface area contributed by atoms with Gasteiger partial charge in [0.15, 0.2) is 0 Å². The van der Waals surface area contributed by atoms with Gasteiger partial charge in [-0.15, -0.1) is 0 Å². The Morgan fingerprint density at radius 1 is 1.15 bits per heavy atom. The van der Waals surface area contributed by atoms with E-state index in [1.807, 2.05) is 36.1 Å². The van der Waals surface area contributed by atoms with Crippen molar-refractivity contribution in [1.29, 1.82) is 0 Å². The van der Waals surface area contributed by atoms with Crippen molar-refractivity contribution >= 4 is 11.8 Å². The minimum absolute atomic E-state index is 0.0230. The molecule has 2 aliphatic carbocycles. The fourth-order valence-electron chi connectivity index (χ4n) is 4.19. The Bertz CT molecular complexity index is 678. The van der Waals surface area contributed by atoms with Crippen molar-refractivity contribution in [2.75, 3.05) is 19.7 Å². The minimum atomic E-state index is 0.0230. The molecule has 1 heterocycles. The average molecular weight is 356 g/mol. The molecule has 1 aliphatic heterocycles. The van der Waals surface area contributed by atoms with Gasteiger partial charge in [-0.2, -0.15) is 0 Å². The number of nitrogens with one attached hydrogen (secondary N) is 1. The highest BCUT2D eigenvalue weighted by Gasteiger charge is 2.51. The van der Waals surface area contributed by atoms with E-state index in [4.69, 9.17) is 4.74 Å². The first-order chi connectivity index (χ1) is 12.7. The number of amides is 2. The fraction of sp³-hybridized carbons (Fsp3) is 0.619. The van der Waals surface area contributed by atoms with E-state index in [1.54, 1.807) is 0 Å². The molecular weight excluding hydrogens is 328 g/mol. The van der Waals surface area contributed by atoms with Crippen LogP contribution in [0.25, 0.3) is 0 Å². The molecule has 0 bridgehead atoms. The Morgan fingerprint density at radius 3 is 2.58 bits per heavy atom. The summed E-state index contributed by atoms with van der Waals surface area (Å²) in [5.74, 6) is 2.67. The fourth-order valence-corrected chi connectivity index (χ4v) is 4.19. The lowest BCUT2D eigenvalue weighted by Gasteiger charge is -2.32. The van der Waals surface area contributed by atoms with E-state index in [2.05, 4.69) is 5.32 Å². The zero-order valence-corrected chi connectivity index (χ0v) is 15.4. The van der Waals surface area contributed by atoms with Crippen molar-refractivity contribution in [2.45, 2.75) is 45.1 Å². The highest BCUT2D eigenvalue weighted by Crippen LogP contribution is 2.54. The van der Waals surface area contributed by atoms with Crippen molar-refractivity contribution in [1.82, 2.24) is 10.2 Å². The predicted octanol–water partition coefficient (Wildman–Crippen LogP) is 2.85. The normalized spacial score (nSPS) is 25.7. The summed E-state index contributed by atoms with van der Waals surface area (Å²) in [7, 11) is 0. The third-order valence-corrected chi connectivity index (χ3v) is 5.95. The molecule has 26 heavy (non-hydrogen) atoms. The van der Waals surface area contributed by atoms with Gasteiger partial charge in [0.25, 0.3) is 5.91 Å². The third kappa shape index (κ3) is 3.71. The molecule has 4 rings (SSSR count). The summed E-state index contributed by atoms with van der Waals surface area (Å²) >= 11 is 0. The van der Waals surface area contributed by atoms with E-state index in [-0.39, 0.29) is 23.8 Å². The van der Waals surface area contributed by atoms with Gasteiger partial charge in [-0.3, -0.25) is 9.59 Å². The number of likely N-dealkylation sites (tertiary alicyclic amines) is 1. The number of carbonyl (C=O) groups excluding carboxylic acids is 2. The first-order valence-corrected chi connectivity index (χ1v) is 9.99. The van der Waals surface area contributed by atoms with Crippen LogP contribution in [-0.2, 0) is 4.79 Å². The first-order valence-electron chi connectivity index (χ1n) is 9.99. The number of para-hydroxylation sites is 1. The lowest BCUT2D eigenvalue weighted by molar-refractivity contribution is -0.123. The van der Waals surface area contributed by atoms with Gasteiger partial charge in [0.1, 0.15) is 5.75 Å². The van der Waals surface area contributed by atoms with Crippen LogP contribution >= 0.6 is 0 Å². The number of benzene rings is 1. The van der Waals surface area contributed by atoms with Crippen LogP contribution in [0.1, 0.15) is 49.4 Å². The number of rotatable bonds is 6. The summed E-state index contributed by atoms with van der Waals surface area (Å²) in [5.41, 5.74) is 0.627. The third-order valence-electron chi connectivity index (χ3n) is 5.95. The summed E-state index contributed by atoms with van der Waals surface area (Å²) < 4.78 is 5.59. The molecule has 2 saturated carbocycles. The van der Waals surface area contributed by atoms with Crippen molar-refractivity contribution in [3.63, 3.8) is 0 Å². The van der Waals surface area contributed by atoms with Crippen molar-refractivity contribution in [3.8, 4) is 5.75 Å². The van der Waals surface area contributed by atoms with E-state index in [9.17, 15) is 9.59 Å². The van der Waals surface area contributed by atoms with Crippen LogP contribution in [-0.4, -0.2) is 42.5 Å². The maximum atomic E-state index is 12.8. The van der Waals surface area contributed by atoms with Crippen LogP contribution in [0, 0.1) is 17.8 Å². The van der Waals surface area contributed by atoms with Gasteiger partial charge in [0, 0.05) is 25.0 Å². The number of hydrogen-bond donors (Lipinski definition) is 1. The van der Waals surface area contributed by atoms with Crippen LogP contribution in [0.3, 0.4) is 0 Å². The quantitative estimate of drug-likeness (QED) is 0.853. The van der Waals surface area contributed by atoms with Gasteiger partial charge in [-0.25, -0.2) is 0 Å². The molecule has 1 aromatic carbocycles. The van der Waals surface area contributed by atoms with Crippen molar-refractivity contribution in [3.05, 3.63) is 29.8 Å². The molecule has 3 fully saturated rings. The van der Waals surface area contributed by atoms with E-state index < -0.39 is 0 Å². The maximum Gasteiger partial charge on any atom is 0.257 e. The van der Waals surface area contributed by atoms with Gasteiger partial charge in [0.2, 0.25) is 5.91 Å². The summed E-state index contributed by atoms with van der Waals surface area (Å²) in [6.07, 6.45) is 5.38. The molecule has 140 valence electrons. The zero-order valence-electron chi connectivity index (χ0n) is 15.4. The lowest BCUT2D eigenvalue weighted by atomic mass is 10.0. The first kappa shape index (κ1) is 17.4.